The maximum absolute atomic E-state index is 9.95. The average Bonchev–Trinajstić information content (AvgIpc) is 4.24. The molecule has 0 amide bonds. The van der Waals surface area contributed by atoms with E-state index in [9.17, 15) is 43.2 Å². The van der Waals surface area contributed by atoms with Gasteiger partial charge in [-0.15, -0.1) is 0 Å². The van der Waals surface area contributed by atoms with E-state index in [1.54, 1.807) is 0 Å². The Morgan fingerprint density at radius 1 is 0.403 bits per heavy atom. The number of nitrogens with two attached hydrogens (primary N) is 9. The first-order valence-corrected chi connectivity index (χ1v) is 18.1. The van der Waals surface area contributed by atoms with Crippen LogP contribution in [0.25, 0.3) is 0 Å². The van der Waals surface area contributed by atoms with Gasteiger partial charge in [0.15, 0.2) is 110 Å². The zero-order chi connectivity index (χ0) is 53.8. The van der Waals surface area contributed by atoms with Gasteiger partial charge in [0, 0.05) is 6.07 Å². The third kappa shape index (κ3) is 20.6. The van der Waals surface area contributed by atoms with Crippen LogP contribution in [-0.4, -0.2) is 97.5 Å². The number of carbonyl (C=O) groups is 9. The van der Waals surface area contributed by atoms with Gasteiger partial charge < -0.3 is 87.4 Å². The van der Waals surface area contributed by atoms with Gasteiger partial charge in [-0.2, -0.15) is 4.98 Å². The van der Waals surface area contributed by atoms with Crippen LogP contribution in [0, 0.1) is 0 Å². The Balaban J connectivity index is 0.000000405. The van der Waals surface area contributed by atoms with E-state index < -0.39 is 0 Å². The Labute approximate surface area is 397 Å². The second kappa shape index (κ2) is 32.8. The number of aromatic nitrogens is 8. The van der Waals surface area contributed by atoms with Gasteiger partial charge in [-0.25, -0.2) is 9.61 Å². The molecular weight excluding hydrogens is 971 g/mol. The Hall–Kier alpha value is -11.8. The van der Waals surface area contributed by atoms with Crippen molar-refractivity contribution in [1.29, 1.82) is 0 Å². The van der Waals surface area contributed by atoms with Crippen molar-refractivity contribution in [2.45, 2.75) is 0 Å². The minimum atomic E-state index is 0.0278. The minimum Gasteiger partial charge on any atom is -0.470 e. The van der Waals surface area contributed by atoms with E-state index in [-0.39, 0.29) is 75.0 Å². The zero-order valence-electron chi connectivity index (χ0n) is 36.1. The van der Waals surface area contributed by atoms with E-state index in [0.717, 1.165) is 12.8 Å². The topological polar surface area (TPSA) is 609 Å². The Morgan fingerprint density at radius 3 is 1.28 bits per heavy atom. The lowest BCUT2D eigenvalue weighted by Crippen LogP contribution is -1.89. The molecule has 9 rings (SSSR count). The summed E-state index contributed by atoms with van der Waals surface area (Å²) in [5.41, 5.74) is 48.9. The normalized spacial score (nSPS) is 9.00. The van der Waals surface area contributed by atoms with E-state index in [0.29, 0.717) is 84.6 Å². The molecule has 35 heteroatoms. The summed E-state index contributed by atoms with van der Waals surface area (Å²) < 4.78 is 39.7. The molecular formula is C37H37N17O18. The van der Waals surface area contributed by atoms with Crippen LogP contribution in [0.1, 0.15) is 94.2 Å². The molecule has 9 aromatic rings. The molecule has 0 radical (unpaired) electrons. The summed E-state index contributed by atoms with van der Waals surface area (Å²) in [4.78, 5) is 96.0. The van der Waals surface area contributed by atoms with Crippen LogP contribution >= 0.6 is 0 Å². The fourth-order valence-corrected chi connectivity index (χ4v) is 3.20. The van der Waals surface area contributed by atoms with Crippen molar-refractivity contribution < 1.29 is 83.5 Å². The van der Waals surface area contributed by atoms with Crippen molar-refractivity contribution in [1.82, 2.24) is 40.9 Å². The summed E-state index contributed by atoms with van der Waals surface area (Å²) in [6.45, 7) is 0. The molecule has 0 fully saturated rings. The van der Waals surface area contributed by atoms with Crippen molar-refractivity contribution in [3.63, 3.8) is 0 Å². The fourth-order valence-electron chi connectivity index (χ4n) is 3.20. The monoisotopic (exact) mass is 1010 g/mol. The molecule has 0 aliphatic rings. The highest BCUT2D eigenvalue weighted by atomic mass is 16.6. The summed E-state index contributed by atoms with van der Waals surface area (Å²) in [6, 6.07) is 1.53. The van der Waals surface area contributed by atoms with E-state index >= 15 is 0 Å². The predicted molar refractivity (Wildman–Crippen MR) is 239 cm³/mol. The van der Waals surface area contributed by atoms with Crippen molar-refractivity contribution in [3.05, 3.63) is 114 Å². The van der Waals surface area contributed by atoms with Gasteiger partial charge in [0.25, 0.3) is 0 Å². The predicted octanol–water partition coefficient (Wildman–Crippen LogP) is 1.23. The highest BCUT2D eigenvalue weighted by Crippen LogP contribution is 2.10. The van der Waals surface area contributed by atoms with Crippen LogP contribution in [0.3, 0.4) is 0 Å². The summed E-state index contributed by atoms with van der Waals surface area (Å²) >= 11 is 0. The van der Waals surface area contributed by atoms with Gasteiger partial charge in [-0.05, 0) is 10.3 Å². The fraction of sp³-hybridized carbons (Fsp3) is 0. The van der Waals surface area contributed by atoms with Crippen LogP contribution in [0.2, 0.25) is 0 Å². The number of aldehydes is 9. The number of oxazole rings is 2. The molecule has 0 spiro atoms. The van der Waals surface area contributed by atoms with Crippen LogP contribution in [-0.2, 0) is 0 Å². The van der Waals surface area contributed by atoms with Gasteiger partial charge in [0.1, 0.15) is 36.4 Å². The Bertz CT molecular complexity index is 2370. The molecule has 0 unspecified atom stereocenters. The number of rotatable bonds is 9. The summed E-state index contributed by atoms with van der Waals surface area (Å²) in [5.74, 6) is 0.819. The number of furan rings is 2. The SMILES string of the molecule is Nc1ccoc1C=O.Nc1cnoc1C=O.Nc1cocc1C=O.Nc1conc1C=O.Nc1ncoc1C=O.Nc1nocc1C=O.Nc1nonc1C=O.Nc1ocnc1C=O.Nc1oncc1C=O. The number of nitrogen functional groups attached to an aromatic ring is 9. The lowest BCUT2D eigenvalue weighted by atomic mass is 10.3. The van der Waals surface area contributed by atoms with Crippen molar-refractivity contribution in [3.8, 4) is 0 Å². The highest BCUT2D eigenvalue weighted by molar-refractivity contribution is 5.83. The number of hydrogen-bond donors (Lipinski definition) is 9. The third-order valence-corrected chi connectivity index (χ3v) is 6.78. The molecule has 9 heterocycles. The van der Waals surface area contributed by atoms with Crippen LogP contribution in [0.5, 0.6) is 0 Å². The van der Waals surface area contributed by atoms with Gasteiger partial charge in [-0.3, -0.25) is 43.2 Å². The standard InChI is InChI=1S/2C5H5NO2.6C4H4N2O2.C3H3N3O2/c6-5-3-8-2-4(5)1-7;6-4-1-2-8-5(4)3-7;5-3-2-8-6-4(3)1-7;5-4-3(1-7)8-2-6-4;5-4-3(1-7)6-2-8-4;5-3-1-6-8-4(3)2-7;5-4-3(1-7)2-8-6-4;5-4-3(2-7)1-6-8-4;4-3-2(1-7)5-8-6-3/h2*1-3H,6H2;4*1-2H,5H2;1-2H,(H2,5,6);1-2H,5H2;1H,(H2,4,6). The average molecular weight is 1010 g/mol. The number of nitrogens with zero attached hydrogens (tertiary/aromatic N) is 8. The molecule has 0 aromatic carbocycles. The first-order chi connectivity index (χ1) is 34.6. The second-order valence-electron chi connectivity index (χ2n) is 11.4. The lowest BCUT2D eigenvalue weighted by molar-refractivity contribution is 0.108. The van der Waals surface area contributed by atoms with Gasteiger partial charge >= 0.3 is 0 Å². The van der Waals surface area contributed by atoms with Crippen LogP contribution < -0.4 is 51.6 Å². The smallest absolute Gasteiger partial charge is 0.232 e. The molecule has 18 N–H and O–H groups in total. The molecule has 72 heavy (non-hydrogen) atoms. The van der Waals surface area contributed by atoms with Crippen molar-refractivity contribution in [2.24, 2.45) is 0 Å². The number of carbonyl (C=O) groups excluding carboxylic acids is 9. The second-order valence-corrected chi connectivity index (χ2v) is 11.4. The molecule has 9 aromatic heterocycles. The van der Waals surface area contributed by atoms with E-state index in [1.807, 2.05) is 0 Å². The van der Waals surface area contributed by atoms with E-state index in [2.05, 4.69) is 81.3 Å². The largest absolute Gasteiger partial charge is 0.470 e. The first-order valence-electron chi connectivity index (χ1n) is 18.1. The molecule has 0 aliphatic carbocycles. The number of anilines is 9. The highest BCUT2D eigenvalue weighted by Gasteiger charge is 2.03. The van der Waals surface area contributed by atoms with Gasteiger partial charge in [0.2, 0.25) is 23.3 Å². The first kappa shape index (κ1) is 58.2. The van der Waals surface area contributed by atoms with E-state index in [4.69, 9.17) is 51.6 Å². The molecule has 0 saturated carbocycles. The molecule has 0 bridgehead atoms. The lowest BCUT2D eigenvalue weighted by Gasteiger charge is -1.79. The van der Waals surface area contributed by atoms with Gasteiger partial charge in [0.05, 0.1) is 46.7 Å². The summed E-state index contributed by atoms with van der Waals surface area (Å²) in [6.07, 6.45) is 16.2. The van der Waals surface area contributed by atoms with Gasteiger partial charge in [-0.1, -0.05) is 20.6 Å². The van der Waals surface area contributed by atoms with Crippen molar-refractivity contribution in [2.75, 3.05) is 51.6 Å². The summed E-state index contributed by atoms with van der Waals surface area (Å²) in [7, 11) is 0. The van der Waals surface area contributed by atoms with Crippen LogP contribution in [0.4, 0.5) is 52.0 Å². The molecule has 378 valence electrons. The molecule has 0 atom stereocenters. The number of hydrogen-bond acceptors (Lipinski definition) is 35. The van der Waals surface area contributed by atoms with Crippen molar-refractivity contribution >= 4 is 109 Å². The molecule has 0 saturated heterocycles. The molecule has 0 aliphatic heterocycles. The summed E-state index contributed by atoms with van der Waals surface area (Å²) in [5, 5.41) is 19.4. The molecule has 35 nitrogen and oxygen atoms in total. The van der Waals surface area contributed by atoms with Crippen LogP contribution in [0.15, 0.2) is 103 Å². The maximum Gasteiger partial charge on any atom is 0.232 e. The van der Waals surface area contributed by atoms with E-state index in [1.165, 1.54) is 49.8 Å². The Morgan fingerprint density at radius 2 is 1.03 bits per heavy atom. The zero-order valence-corrected chi connectivity index (χ0v) is 36.1. The maximum atomic E-state index is 9.95. The third-order valence-electron chi connectivity index (χ3n) is 6.78. The minimum absolute atomic E-state index is 0.0278. The quantitative estimate of drug-likeness (QED) is 0.0918. The Kier molecular flexibility index (Phi) is 26.5.